The van der Waals surface area contributed by atoms with Gasteiger partial charge in [0.15, 0.2) is 0 Å². The predicted molar refractivity (Wildman–Crippen MR) is 125 cm³/mol. The highest BCUT2D eigenvalue weighted by Crippen LogP contribution is 2.28. The third-order valence-electron chi connectivity index (χ3n) is 5.31. The van der Waals surface area contributed by atoms with Crippen molar-refractivity contribution >= 4 is 16.7 Å². The van der Waals surface area contributed by atoms with Crippen LogP contribution in [0.25, 0.3) is 10.8 Å². The lowest BCUT2D eigenvalue weighted by Crippen LogP contribution is -2.23. The number of hydrogen-bond donors (Lipinski definition) is 1. The van der Waals surface area contributed by atoms with E-state index in [4.69, 9.17) is 14.2 Å². The molecule has 4 aromatic rings. The molecule has 5 nitrogen and oxygen atoms in total. The minimum absolute atomic E-state index is 0.176. The second-order valence-electron chi connectivity index (χ2n) is 7.29. The first-order valence-corrected chi connectivity index (χ1v) is 10.4. The third-order valence-corrected chi connectivity index (χ3v) is 5.31. The zero-order valence-corrected chi connectivity index (χ0v) is 18.1. The van der Waals surface area contributed by atoms with Crippen molar-refractivity contribution < 1.29 is 19.0 Å². The van der Waals surface area contributed by atoms with E-state index in [1.54, 1.807) is 26.4 Å². The Morgan fingerprint density at radius 1 is 0.750 bits per heavy atom. The van der Waals surface area contributed by atoms with Gasteiger partial charge in [-0.3, -0.25) is 4.79 Å². The van der Waals surface area contributed by atoms with Gasteiger partial charge in [0.1, 0.15) is 23.9 Å². The van der Waals surface area contributed by atoms with Gasteiger partial charge < -0.3 is 19.5 Å². The predicted octanol–water partition coefficient (Wildman–Crippen LogP) is 5.37. The first-order chi connectivity index (χ1) is 15.7. The Bertz CT molecular complexity index is 1230. The van der Waals surface area contributed by atoms with E-state index in [1.165, 1.54) is 0 Å². The van der Waals surface area contributed by atoms with Crippen LogP contribution in [0, 0.1) is 0 Å². The van der Waals surface area contributed by atoms with Crippen molar-refractivity contribution in [1.29, 1.82) is 0 Å². The monoisotopic (exact) mass is 427 g/mol. The van der Waals surface area contributed by atoms with Crippen LogP contribution in [0.2, 0.25) is 0 Å². The number of amides is 1. The van der Waals surface area contributed by atoms with E-state index in [9.17, 15) is 4.79 Å². The number of nitrogens with one attached hydrogen (secondary N) is 1. The van der Waals surface area contributed by atoms with Gasteiger partial charge in [0.2, 0.25) is 0 Å². The number of carbonyl (C=O) groups is 1. The number of methoxy groups -OCH3 is 2. The lowest BCUT2D eigenvalue weighted by Gasteiger charge is -2.14. The molecule has 0 bridgehead atoms. The standard InChI is InChI=1S/C27H25NO4/c1-30-24-12-6-4-9-21(24)17-28-27(29)20-14-15-25(31-2)22(16-20)18-32-26-13-7-10-19-8-3-5-11-23(19)26/h3-16H,17-18H2,1-2H3,(H,28,29). The van der Waals surface area contributed by atoms with Crippen LogP contribution in [0.5, 0.6) is 17.2 Å². The molecule has 4 aromatic carbocycles. The normalized spacial score (nSPS) is 10.6. The van der Waals surface area contributed by atoms with E-state index in [2.05, 4.69) is 17.4 Å². The van der Waals surface area contributed by atoms with Crippen LogP contribution >= 0.6 is 0 Å². The second-order valence-corrected chi connectivity index (χ2v) is 7.29. The Morgan fingerprint density at radius 2 is 1.44 bits per heavy atom. The number of hydrogen-bond acceptors (Lipinski definition) is 4. The van der Waals surface area contributed by atoms with Crippen LogP contribution in [-0.2, 0) is 13.2 Å². The highest BCUT2D eigenvalue weighted by atomic mass is 16.5. The van der Waals surface area contributed by atoms with Crippen LogP contribution in [-0.4, -0.2) is 20.1 Å². The molecular formula is C27H25NO4. The van der Waals surface area contributed by atoms with Gasteiger partial charge in [0, 0.05) is 28.6 Å². The molecule has 0 unspecified atom stereocenters. The summed E-state index contributed by atoms with van der Waals surface area (Å²) in [5.74, 6) is 2.03. The Morgan fingerprint density at radius 3 is 2.28 bits per heavy atom. The molecule has 1 amide bonds. The lowest BCUT2D eigenvalue weighted by atomic mass is 10.1. The first kappa shape index (κ1) is 21.2. The summed E-state index contributed by atoms with van der Waals surface area (Å²) in [5.41, 5.74) is 2.25. The number of fused-ring (bicyclic) bond motifs is 1. The van der Waals surface area contributed by atoms with Gasteiger partial charge in [-0.15, -0.1) is 0 Å². The molecule has 0 radical (unpaired) electrons. The Balaban J connectivity index is 1.50. The first-order valence-electron chi connectivity index (χ1n) is 10.4. The van der Waals surface area contributed by atoms with Gasteiger partial charge in [-0.1, -0.05) is 54.6 Å². The van der Waals surface area contributed by atoms with Gasteiger partial charge in [-0.05, 0) is 35.7 Å². The number of carbonyl (C=O) groups excluding carboxylic acids is 1. The summed E-state index contributed by atoms with van der Waals surface area (Å²) in [4.78, 5) is 12.8. The summed E-state index contributed by atoms with van der Waals surface area (Å²) >= 11 is 0. The van der Waals surface area contributed by atoms with Gasteiger partial charge >= 0.3 is 0 Å². The summed E-state index contributed by atoms with van der Waals surface area (Å²) in [5, 5.41) is 5.11. The van der Waals surface area contributed by atoms with E-state index in [-0.39, 0.29) is 12.5 Å². The quantitative estimate of drug-likeness (QED) is 0.411. The van der Waals surface area contributed by atoms with Crippen LogP contribution in [0.1, 0.15) is 21.5 Å². The second kappa shape index (κ2) is 9.88. The molecule has 1 N–H and O–H groups in total. The Labute approximate surface area is 187 Å². The number of rotatable bonds is 8. The minimum Gasteiger partial charge on any atom is -0.496 e. The number of para-hydroxylation sites is 1. The molecule has 0 aromatic heterocycles. The zero-order chi connectivity index (χ0) is 22.3. The van der Waals surface area contributed by atoms with Crippen molar-refractivity contribution in [2.75, 3.05) is 14.2 Å². The molecule has 0 spiro atoms. The summed E-state index contributed by atoms with van der Waals surface area (Å²) in [6.45, 7) is 0.654. The topological polar surface area (TPSA) is 56.8 Å². The Hall–Kier alpha value is -3.99. The average molecular weight is 428 g/mol. The molecular weight excluding hydrogens is 402 g/mol. The molecule has 4 rings (SSSR count). The van der Waals surface area contributed by atoms with E-state index >= 15 is 0 Å². The van der Waals surface area contributed by atoms with Crippen molar-refractivity contribution in [2.24, 2.45) is 0 Å². The Kier molecular flexibility index (Phi) is 6.56. The molecule has 0 saturated heterocycles. The molecule has 5 heteroatoms. The van der Waals surface area contributed by atoms with E-state index in [1.807, 2.05) is 60.7 Å². The molecule has 162 valence electrons. The number of benzene rings is 4. The SMILES string of the molecule is COc1ccccc1CNC(=O)c1ccc(OC)c(COc2cccc3ccccc23)c1. The van der Waals surface area contributed by atoms with Crippen LogP contribution in [0.4, 0.5) is 0 Å². The highest BCUT2D eigenvalue weighted by molar-refractivity contribution is 5.94. The summed E-state index contributed by atoms with van der Waals surface area (Å²) in [6, 6.07) is 27.0. The molecule has 0 saturated carbocycles. The van der Waals surface area contributed by atoms with Gasteiger partial charge in [-0.2, -0.15) is 0 Å². The van der Waals surface area contributed by atoms with Crippen LogP contribution in [0.3, 0.4) is 0 Å². The summed E-state index contributed by atoms with van der Waals surface area (Å²) in [6.07, 6.45) is 0. The largest absolute Gasteiger partial charge is 0.496 e. The van der Waals surface area contributed by atoms with Crippen molar-refractivity contribution in [3.05, 3.63) is 102 Å². The summed E-state index contributed by atoms with van der Waals surface area (Å²) < 4.78 is 17.0. The average Bonchev–Trinajstić information content (AvgIpc) is 2.85. The molecule has 0 atom stereocenters. The van der Waals surface area contributed by atoms with Crippen molar-refractivity contribution in [1.82, 2.24) is 5.32 Å². The third kappa shape index (κ3) is 4.67. The fourth-order valence-corrected chi connectivity index (χ4v) is 3.64. The lowest BCUT2D eigenvalue weighted by molar-refractivity contribution is 0.0950. The summed E-state index contributed by atoms with van der Waals surface area (Å²) in [7, 11) is 3.23. The van der Waals surface area contributed by atoms with E-state index in [0.29, 0.717) is 17.9 Å². The number of ether oxygens (including phenoxy) is 3. The van der Waals surface area contributed by atoms with Crippen molar-refractivity contribution in [3.8, 4) is 17.2 Å². The maximum atomic E-state index is 12.8. The van der Waals surface area contributed by atoms with E-state index in [0.717, 1.165) is 33.4 Å². The van der Waals surface area contributed by atoms with Gasteiger partial charge in [-0.25, -0.2) is 0 Å². The fourth-order valence-electron chi connectivity index (χ4n) is 3.64. The molecule has 32 heavy (non-hydrogen) atoms. The molecule has 0 aliphatic carbocycles. The van der Waals surface area contributed by atoms with Gasteiger partial charge in [0.05, 0.1) is 14.2 Å². The molecule has 0 aliphatic rings. The minimum atomic E-state index is -0.176. The molecule has 0 fully saturated rings. The zero-order valence-electron chi connectivity index (χ0n) is 18.1. The van der Waals surface area contributed by atoms with Gasteiger partial charge in [0.25, 0.3) is 5.91 Å². The van der Waals surface area contributed by atoms with Crippen LogP contribution < -0.4 is 19.5 Å². The van der Waals surface area contributed by atoms with E-state index < -0.39 is 0 Å². The van der Waals surface area contributed by atoms with Crippen LogP contribution in [0.15, 0.2) is 84.9 Å². The van der Waals surface area contributed by atoms with Crippen molar-refractivity contribution in [2.45, 2.75) is 13.2 Å². The van der Waals surface area contributed by atoms with Crippen molar-refractivity contribution in [3.63, 3.8) is 0 Å². The molecule has 0 heterocycles. The maximum Gasteiger partial charge on any atom is 0.251 e. The molecule has 0 aliphatic heterocycles. The fraction of sp³-hybridized carbons (Fsp3) is 0.148. The highest BCUT2D eigenvalue weighted by Gasteiger charge is 2.12. The maximum absolute atomic E-state index is 12.8. The smallest absolute Gasteiger partial charge is 0.251 e.